The predicted molar refractivity (Wildman–Crippen MR) is 115 cm³/mol. The Labute approximate surface area is 172 Å². The topological polar surface area (TPSA) is 70.2 Å². The molecule has 0 saturated heterocycles. The van der Waals surface area contributed by atoms with Crippen LogP contribution in [0.3, 0.4) is 0 Å². The lowest BCUT2D eigenvalue weighted by molar-refractivity contribution is -0.384. The summed E-state index contributed by atoms with van der Waals surface area (Å²) in [5.74, 6) is 1.41. The minimum Gasteiger partial charge on any atom is -0.494 e. The Balaban J connectivity index is 1.68. The molecule has 0 amide bonds. The molecule has 7 heteroatoms. The smallest absolute Gasteiger partial charge is 0.269 e. The summed E-state index contributed by atoms with van der Waals surface area (Å²) >= 11 is 1.55. The van der Waals surface area contributed by atoms with Gasteiger partial charge in [-0.25, -0.2) is 4.98 Å². The first kappa shape index (κ1) is 19.0. The van der Waals surface area contributed by atoms with Crippen LogP contribution >= 0.6 is 11.8 Å². The van der Waals surface area contributed by atoms with Gasteiger partial charge in [0.15, 0.2) is 5.16 Å². The van der Waals surface area contributed by atoms with Gasteiger partial charge in [-0.05, 0) is 48.9 Å². The standard InChI is InChI=1S/C22H19N3O3S/c1-2-28-19-12-10-17(11-13-19)24-21-9-4-3-8-20(21)23-22(24)29-15-16-6-5-7-18(14-16)25(26)27/h3-14H,2,15H2,1H3. The summed E-state index contributed by atoms with van der Waals surface area (Å²) in [7, 11) is 0. The van der Waals surface area contributed by atoms with Gasteiger partial charge in [0, 0.05) is 23.6 Å². The number of nitro groups is 1. The molecule has 0 radical (unpaired) electrons. The van der Waals surface area contributed by atoms with E-state index in [1.165, 1.54) is 6.07 Å². The van der Waals surface area contributed by atoms with Gasteiger partial charge in [0.25, 0.3) is 5.69 Å². The van der Waals surface area contributed by atoms with Crippen molar-refractivity contribution in [3.05, 3.63) is 88.5 Å². The fourth-order valence-corrected chi connectivity index (χ4v) is 4.09. The number of rotatable bonds is 7. The molecule has 29 heavy (non-hydrogen) atoms. The second-order valence-electron chi connectivity index (χ2n) is 6.36. The average Bonchev–Trinajstić information content (AvgIpc) is 3.12. The molecule has 1 heterocycles. The van der Waals surface area contributed by atoms with Gasteiger partial charge in [-0.3, -0.25) is 14.7 Å². The first-order chi connectivity index (χ1) is 14.2. The quantitative estimate of drug-likeness (QED) is 0.227. The third kappa shape index (κ3) is 4.09. The van der Waals surface area contributed by atoms with Crippen molar-refractivity contribution in [3.8, 4) is 11.4 Å². The Bertz CT molecular complexity index is 1160. The highest BCUT2D eigenvalue weighted by atomic mass is 32.2. The molecule has 0 aliphatic carbocycles. The largest absolute Gasteiger partial charge is 0.494 e. The Morgan fingerprint density at radius 2 is 1.86 bits per heavy atom. The summed E-state index contributed by atoms with van der Waals surface area (Å²) in [5.41, 5.74) is 3.89. The van der Waals surface area contributed by atoms with Crippen LogP contribution in [0.4, 0.5) is 5.69 Å². The SMILES string of the molecule is CCOc1ccc(-n2c(SCc3cccc([N+](=O)[O-])c3)nc3ccccc32)cc1. The monoisotopic (exact) mass is 405 g/mol. The van der Waals surface area contributed by atoms with Crippen LogP contribution in [0.15, 0.2) is 78.0 Å². The minimum absolute atomic E-state index is 0.100. The van der Waals surface area contributed by atoms with E-state index in [1.807, 2.05) is 61.5 Å². The van der Waals surface area contributed by atoms with Crippen molar-refractivity contribution in [1.29, 1.82) is 0 Å². The summed E-state index contributed by atoms with van der Waals surface area (Å²) in [6.45, 7) is 2.58. The van der Waals surface area contributed by atoms with E-state index in [0.717, 1.165) is 33.2 Å². The maximum absolute atomic E-state index is 11.0. The van der Waals surface area contributed by atoms with Crippen LogP contribution in [0.1, 0.15) is 12.5 Å². The van der Waals surface area contributed by atoms with Crippen molar-refractivity contribution in [2.24, 2.45) is 0 Å². The second kappa shape index (κ2) is 8.36. The molecule has 0 fully saturated rings. The number of benzene rings is 3. The predicted octanol–water partition coefficient (Wildman–Crippen LogP) is 5.62. The number of ether oxygens (including phenoxy) is 1. The fourth-order valence-electron chi connectivity index (χ4n) is 3.12. The molecule has 0 unspecified atom stereocenters. The van der Waals surface area contributed by atoms with Crippen molar-refractivity contribution in [2.75, 3.05) is 6.61 Å². The van der Waals surface area contributed by atoms with Gasteiger partial charge in [-0.2, -0.15) is 0 Å². The molecule has 0 aliphatic heterocycles. The Hall–Kier alpha value is -3.32. The van der Waals surface area contributed by atoms with Crippen LogP contribution in [0, 0.1) is 10.1 Å². The van der Waals surface area contributed by atoms with Gasteiger partial charge < -0.3 is 4.74 Å². The summed E-state index contributed by atoms with van der Waals surface area (Å²) in [5, 5.41) is 11.9. The number of nitrogens with zero attached hydrogens (tertiary/aromatic N) is 3. The molecule has 146 valence electrons. The van der Waals surface area contributed by atoms with Crippen molar-refractivity contribution in [3.63, 3.8) is 0 Å². The van der Waals surface area contributed by atoms with Gasteiger partial charge in [0.1, 0.15) is 5.75 Å². The van der Waals surface area contributed by atoms with Crippen LogP contribution < -0.4 is 4.74 Å². The summed E-state index contributed by atoms with van der Waals surface area (Å²) in [6, 6.07) is 22.6. The van der Waals surface area contributed by atoms with Gasteiger partial charge in [-0.15, -0.1) is 0 Å². The van der Waals surface area contributed by atoms with Crippen LogP contribution in [-0.2, 0) is 5.75 Å². The second-order valence-corrected chi connectivity index (χ2v) is 7.30. The summed E-state index contributed by atoms with van der Waals surface area (Å²) in [6.07, 6.45) is 0. The van der Waals surface area contributed by atoms with E-state index in [2.05, 4.69) is 4.57 Å². The average molecular weight is 405 g/mol. The lowest BCUT2D eigenvalue weighted by Gasteiger charge is -2.10. The number of nitro benzene ring substituents is 1. The normalized spacial score (nSPS) is 10.9. The zero-order valence-corrected chi connectivity index (χ0v) is 16.6. The van der Waals surface area contributed by atoms with E-state index in [1.54, 1.807) is 23.9 Å². The molecule has 6 nitrogen and oxygen atoms in total. The van der Waals surface area contributed by atoms with E-state index in [-0.39, 0.29) is 10.6 Å². The van der Waals surface area contributed by atoms with Crippen LogP contribution in [0.5, 0.6) is 5.75 Å². The van der Waals surface area contributed by atoms with E-state index in [4.69, 9.17) is 9.72 Å². The molecule has 0 atom stereocenters. The first-order valence-corrected chi connectivity index (χ1v) is 10.2. The van der Waals surface area contributed by atoms with E-state index >= 15 is 0 Å². The van der Waals surface area contributed by atoms with Crippen molar-refractivity contribution >= 4 is 28.5 Å². The van der Waals surface area contributed by atoms with Gasteiger partial charge in [0.05, 0.1) is 22.6 Å². The summed E-state index contributed by atoms with van der Waals surface area (Å²) < 4.78 is 7.65. The molecule has 1 aromatic heterocycles. The molecular formula is C22H19N3O3S. The zero-order chi connectivity index (χ0) is 20.2. The molecule has 0 spiro atoms. The molecule has 0 N–H and O–H groups in total. The number of hydrogen-bond donors (Lipinski definition) is 0. The highest BCUT2D eigenvalue weighted by Gasteiger charge is 2.14. The third-order valence-electron chi connectivity index (χ3n) is 4.43. The number of thioether (sulfide) groups is 1. The number of aromatic nitrogens is 2. The van der Waals surface area contributed by atoms with Crippen molar-refractivity contribution in [1.82, 2.24) is 9.55 Å². The number of hydrogen-bond acceptors (Lipinski definition) is 5. The molecule has 4 aromatic rings. The third-order valence-corrected chi connectivity index (χ3v) is 5.43. The lowest BCUT2D eigenvalue weighted by atomic mass is 10.2. The molecule has 0 aliphatic rings. The minimum atomic E-state index is -0.372. The highest BCUT2D eigenvalue weighted by Crippen LogP contribution is 2.31. The summed E-state index contributed by atoms with van der Waals surface area (Å²) in [4.78, 5) is 15.4. The maximum atomic E-state index is 11.0. The van der Waals surface area contributed by atoms with Crippen LogP contribution in [0.2, 0.25) is 0 Å². The van der Waals surface area contributed by atoms with E-state index in [0.29, 0.717) is 12.4 Å². The van der Waals surface area contributed by atoms with Crippen molar-refractivity contribution in [2.45, 2.75) is 17.8 Å². The Morgan fingerprint density at radius 1 is 1.07 bits per heavy atom. The molecule has 0 bridgehead atoms. The number of para-hydroxylation sites is 2. The zero-order valence-electron chi connectivity index (χ0n) is 15.8. The van der Waals surface area contributed by atoms with E-state index < -0.39 is 0 Å². The van der Waals surface area contributed by atoms with Gasteiger partial charge >= 0.3 is 0 Å². The molecule has 3 aromatic carbocycles. The van der Waals surface area contributed by atoms with Crippen LogP contribution in [-0.4, -0.2) is 21.1 Å². The van der Waals surface area contributed by atoms with Crippen LogP contribution in [0.25, 0.3) is 16.7 Å². The molecule has 0 saturated carbocycles. The molecular weight excluding hydrogens is 386 g/mol. The highest BCUT2D eigenvalue weighted by molar-refractivity contribution is 7.98. The lowest BCUT2D eigenvalue weighted by Crippen LogP contribution is -1.98. The number of imidazole rings is 1. The first-order valence-electron chi connectivity index (χ1n) is 9.22. The Morgan fingerprint density at radius 3 is 2.62 bits per heavy atom. The van der Waals surface area contributed by atoms with Crippen molar-refractivity contribution < 1.29 is 9.66 Å². The fraction of sp³-hybridized carbons (Fsp3) is 0.136. The van der Waals surface area contributed by atoms with Gasteiger partial charge in [-0.1, -0.05) is 36.0 Å². The number of non-ortho nitro benzene ring substituents is 1. The maximum Gasteiger partial charge on any atom is 0.269 e. The van der Waals surface area contributed by atoms with E-state index in [9.17, 15) is 10.1 Å². The number of fused-ring (bicyclic) bond motifs is 1. The Kier molecular flexibility index (Phi) is 5.48. The van der Waals surface area contributed by atoms with Gasteiger partial charge in [0.2, 0.25) is 0 Å². The molecule has 4 rings (SSSR count).